The number of nitrogens with two attached hydrogens (primary N) is 1. The second-order valence-electron chi connectivity index (χ2n) is 0.785. The maximum Gasteiger partial charge on any atom is 3.00 e. The Morgan fingerprint density at radius 3 is 1.60 bits per heavy atom. The van der Waals surface area contributed by atoms with E-state index in [-0.39, 0.29) is 21.1 Å². The molecule has 4 nitrogen and oxygen atoms in total. The van der Waals surface area contributed by atoms with Crippen molar-refractivity contribution in [2.24, 2.45) is 5.73 Å². The summed E-state index contributed by atoms with van der Waals surface area (Å²) in [5.41, 5.74) is 0.676. The van der Waals surface area contributed by atoms with Gasteiger partial charge in [-0.25, -0.2) is 0 Å². The van der Waals surface area contributed by atoms with Gasteiger partial charge in [0, 0.05) is 0 Å². The first kappa shape index (κ1) is 17.4. The molecule has 0 saturated carbocycles. The van der Waals surface area contributed by atoms with Gasteiger partial charge in [-0.1, -0.05) is 0 Å². The van der Waals surface area contributed by atoms with E-state index in [9.17, 15) is 9.79 Å². The molecule has 0 rings (SSSR count). The van der Waals surface area contributed by atoms with Gasteiger partial charge in [-0.05, 0) is 12.2 Å². The van der Waals surface area contributed by atoms with Gasteiger partial charge in [-0.15, -0.1) is 0 Å². The topological polar surface area (TPSA) is 92.4 Å². The van der Waals surface area contributed by atoms with Crippen molar-refractivity contribution >= 4 is 47.1 Å². The molecular formula is CH3MoNO3PS3. The average molecular weight is 300 g/mol. The third-order valence-electron chi connectivity index (χ3n) is 0. The number of aliphatic hydroxyl groups excluding tert-OH is 1. The van der Waals surface area contributed by atoms with Gasteiger partial charge in [0.05, 0.1) is 0 Å². The van der Waals surface area contributed by atoms with Crippen molar-refractivity contribution in [2.45, 2.75) is 0 Å². The monoisotopic (exact) mass is 302 g/mol. The Balaban J connectivity index is -0.0000000910. The minimum absolute atomic E-state index is 0. The van der Waals surface area contributed by atoms with Gasteiger partial charge in [0.1, 0.15) is 0 Å². The second-order valence-corrected chi connectivity index (χ2v) is 5.68. The summed E-state index contributed by atoms with van der Waals surface area (Å²) in [6.45, 7) is 0. The van der Waals surface area contributed by atoms with E-state index in [1.165, 1.54) is 0 Å². The molecule has 0 bridgehead atoms. The summed E-state index contributed by atoms with van der Waals surface area (Å²) in [5, 5.41) is 7.06. The van der Waals surface area contributed by atoms with Crippen LogP contribution >= 0.6 is 17.9 Å². The van der Waals surface area contributed by atoms with E-state index in [1.807, 2.05) is 0 Å². The van der Waals surface area contributed by atoms with Gasteiger partial charge >= 0.3 is 21.1 Å². The SMILES string of the molecule is NC(O)=S.[Mo+3].[O-]P([O-])(=S)[S-]. The molecule has 0 fully saturated rings. The van der Waals surface area contributed by atoms with Gasteiger partial charge in [0.25, 0.3) is 5.17 Å². The number of hydrogen-bond acceptors (Lipinski definition) is 5. The molecule has 10 heavy (non-hydrogen) atoms. The number of hydrogen-bond donors (Lipinski definition) is 2. The normalized spacial score (nSPS) is 8.30. The van der Waals surface area contributed by atoms with E-state index in [0.717, 1.165) is 0 Å². The summed E-state index contributed by atoms with van der Waals surface area (Å²) in [6.07, 6.45) is 0. The van der Waals surface area contributed by atoms with Crippen molar-refractivity contribution in [3.05, 3.63) is 0 Å². The van der Waals surface area contributed by atoms with Crippen LogP contribution in [0, 0.1) is 0 Å². The first-order valence-electron chi connectivity index (χ1n) is 1.45. The molecular weight excluding hydrogens is 297 g/mol. The van der Waals surface area contributed by atoms with Gasteiger partial charge in [-0.3, -0.25) is 0 Å². The molecule has 59 valence electrons. The Labute approximate surface area is 88.4 Å². The zero-order valence-electron chi connectivity index (χ0n) is 4.42. The Morgan fingerprint density at radius 1 is 1.60 bits per heavy atom. The number of thiocarbonyl (C=S) groups is 1. The third kappa shape index (κ3) is 380. The van der Waals surface area contributed by atoms with E-state index in [2.05, 4.69) is 42.0 Å². The first-order valence-corrected chi connectivity index (χ1v) is 5.51. The Kier molecular flexibility index (Phi) is 14.6. The van der Waals surface area contributed by atoms with Gasteiger partial charge in [-0.2, -0.15) is 11.8 Å². The van der Waals surface area contributed by atoms with E-state index in [4.69, 9.17) is 5.11 Å². The van der Waals surface area contributed by atoms with Crippen LogP contribution in [-0.2, 0) is 45.1 Å². The van der Waals surface area contributed by atoms with Gasteiger partial charge in [0.2, 0.25) is 0 Å². The van der Waals surface area contributed by atoms with Crippen LogP contribution in [0.15, 0.2) is 0 Å². The minimum Gasteiger partial charge on any atom is -0.850 e. The zero-order chi connectivity index (χ0) is 8.08. The Bertz CT molecular complexity index is 123. The molecule has 0 aliphatic heterocycles. The van der Waals surface area contributed by atoms with Crippen molar-refractivity contribution in [3.63, 3.8) is 0 Å². The van der Waals surface area contributed by atoms with Crippen LogP contribution in [0.2, 0.25) is 0 Å². The number of aliphatic hydroxyl groups is 1. The maximum absolute atomic E-state index is 9.29. The van der Waals surface area contributed by atoms with Crippen LogP contribution < -0.4 is 15.5 Å². The molecule has 3 N–H and O–H groups in total. The summed E-state index contributed by atoms with van der Waals surface area (Å²) >= 11 is 11.2. The molecule has 0 aromatic rings. The molecule has 0 unspecified atom stereocenters. The molecule has 0 spiro atoms. The molecule has 0 aliphatic carbocycles. The molecule has 1 radical (unpaired) electrons. The van der Waals surface area contributed by atoms with Crippen molar-refractivity contribution in [1.82, 2.24) is 0 Å². The summed E-state index contributed by atoms with van der Waals surface area (Å²) in [4.78, 5) is 18.6. The molecule has 0 amide bonds. The molecule has 9 heteroatoms. The predicted octanol–water partition coefficient (Wildman–Crippen LogP) is -1.74. The fraction of sp³-hybridized carbons (Fsp3) is 0. The van der Waals surface area contributed by atoms with Crippen LogP contribution in [0.5, 0.6) is 0 Å². The third-order valence-corrected chi connectivity index (χ3v) is 0. The van der Waals surface area contributed by atoms with E-state index < -0.39 is 10.9 Å². The van der Waals surface area contributed by atoms with Crippen LogP contribution in [0.25, 0.3) is 0 Å². The van der Waals surface area contributed by atoms with Crippen molar-refractivity contribution < 1.29 is 36.0 Å². The summed E-state index contributed by atoms with van der Waals surface area (Å²) in [7, 11) is 0. The largest absolute Gasteiger partial charge is 3.00 e. The second kappa shape index (κ2) is 8.40. The van der Waals surface area contributed by atoms with Crippen LogP contribution in [0.4, 0.5) is 0 Å². The van der Waals surface area contributed by atoms with Crippen LogP contribution in [-0.4, -0.2) is 10.3 Å². The smallest absolute Gasteiger partial charge is 0.850 e. The van der Waals surface area contributed by atoms with Crippen molar-refractivity contribution in [3.8, 4) is 0 Å². The summed E-state index contributed by atoms with van der Waals surface area (Å²) in [6, 6.07) is 0. The standard InChI is InChI=1S/CH3NOS.Mo.H3O2PS2/c2-1(3)4;;1-3(2,4)5/h(H3,2,3,4);;(H3,1,2,4,5)/q;+3;/p-3. The summed E-state index contributed by atoms with van der Waals surface area (Å²) in [5.74, 6) is 0. The first-order chi connectivity index (χ1) is 3.73. The molecule has 0 aromatic heterocycles. The predicted molar refractivity (Wildman–Crippen MR) is 41.1 cm³/mol. The fourth-order valence-electron chi connectivity index (χ4n) is 0. The molecule has 0 saturated heterocycles. The fourth-order valence-corrected chi connectivity index (χ4v) is 0. The van der Waals surface area contributed by atoms with Crippen molar-refractivity contribution in [1.29, 1.82) is 0 Å². The molecule has 0 aromatic carbocycles. The van der Waals surface area contributed by atoms with Gasteiger partial charge < -0.3 is 38.6 Å². The molecule has 0 atom stereocenters. The zero-order valence-corrected chi connectivity index (χ0v) is 9.77. The van der Waals surface area contributed by atoms with E-state index >= 15 is 0 Å². The number of rotatable bonds is 0. The minimum atomic E-state index is -3.72. The van der Waals surface area contributed by atoms with E-state index in [1.54, 1.807) is 0 Å². The Hall–Kier alpha value is 1.30. The van der Waals surface area contributed by atoms with E-state index in [0.29, 0.717) is 0 Å². The van der Waals surface area contributed by atoms with Gasteiger partial charge in [0.15, 0.2) is 0 Å². The summed E-state index contributed by atoms with van der Waals surface area (Å²) < 4.78 is 0. The maximum atomic E-state index is 9.29. The van der Waals surface area contributed by atoms with Crippen LogP contribution in [0.1, 0.15) is 0 Å². The molecule has 0 heterocycles. The Morgan fingerprint density at radius 2 is 1.60 bits per heavy atom. The van der Waals surface area contributed by atoms with Crippen LogP contribution in [0.3, 0.4) is 0 Å². The average Bonchev–Trinajstić information content (AvgIpc) is 1.19. The molecule has 0 aliphatic rings. The van der Waals surface area contributed by atoms with Crippen molar-refractivity contribution in [2.75, 3.05) is 0 Å². The quantitative estimate of drug-likeness (QED) is 0.237.